The number of carbonyl (C=O) groups excluding carboxylic acids is 1. The molecule has 0 radical (unpaired) electrons. The highest BCUT2D eigenvalue weighted by molar-refractivity contribution is 5.87. The molecule has 3 heteroatoms. The fourth-order valence-corrected chi connectivity index (χ4v) is 1.53. The maximum atomic E-state index is 11.3. The van der Waals surface area contributed by atoms with Crippen molar-refractivity contribution in [3.63, 3.8) is 0 Å². The molecule has 3 nitrogen and oxygen atoms in total. The normalized spacial score (nSPS) is 21.5. The molecule has 0 N–H and O–H groups in total. The molecule has 1 aliphatic heterocycles. The summed E-state index contributed by atoms with van der Waals surface area (Å²) in [5, 5.41) is 0. The molecular formula is C10H18N2O. The first-order valence-electron chi connectivity index (χ1n) is 4.80. The predicted molar refractivity (Wildman–Crippen MR) is 53.5 cm³/mol. The highest BCUT2D eigenvalue weighted by Gasteiger charge is 2.30. The Bertz CT molecular complexity index is 203. The minimum atomic E-state index is 0.0701. The molecule has 1 rings (SSSR count). The van der Waals surface area contributed by atoms with E-state index in [0.717, 1.165) is 26.1 Å². The second-order valence-electron chi connectivity index (χ2n) is 3.53. The Balaban J connectivity index is 2.36. The summed E-state index contributed by atoms with van der Waals surface area (Å²) in [5.74, 6) is 0.0701. The van der Waals surface area contributed by atoms with Gasteiger partial charge in [-0.15, -0.1) is 0 Å². The van der Waals surface area contributed by atoms with Crippen LogP contribution in [0.4, 0.5) is 0 Å². The number of nitrogens with zero attached hydrogens (tertiary/aromatic N) is 2. The first-order valence-corrected chi connectivity index (χ1v) is 4.80. The van der Waals surface area contributed by atoms with Gasteiger partial charge in [0.25, 0.3) is 0 Å². The summed E-state index contributed by atoms with van der Waals surface area (Å²) in [4.78, 5) is 15.4. The third kappa shape index (κ3) is 2.31. The van der Waals surface area contributed by atoms with Crippen LogP contribution in [0.15, 0.2) is 12.7 Å². The van der Waals surface area contributed by atoms with Gasteiger partial charge in [0.05, 0.1) is 0 Å². The predicted octanol–water partition coefficient (Wildman–Crippen LogP) is 0.725. The zero-order valence-corrected chi connectivity index (χ0v) is 8.49. The monoisotopic (exact) mass is 182 g/mol. The number of likely N-dealkylation sites (tertiary alicyclic amines) is 1. The van der Waals surface area contributed by atoms with E-state index in [1.165, 1.54) is 6.08 Å². The van der Waals surface area contributed by atoms with Crippen LogP contribution in [0.25, 0.3) is 0 Å². The van der Waals surface area contributed by atoms with E-state index in [1.807, 2.05) is 4.90 Å². The molecule has 1 fully saturated rings. The van der Waals surface area contributed by atoms with Gasteiger partial charge in [0.15, 0.2) is 0 Å². The molecule has 1 aliphatic rings. The molecule has 0 aromatic carbocycles. The van der Waals surface area contributed by atoms with Crippen LogP contribution in [-0.4, -0.2) is 48.4 Å². The number of hydrogen-bond donors (Lipinski definition) is 0. The van der Waals surface area contributed by atoms with Crippen molar-refractivity contribution in [3.8, 4) is 0 Å². The Morgan fingerprint density at radius 3 is 2.85 bits per heavy atom. The van der Waals surface area contributed by atoms with Gasteiger partial charge in [-0.1, -0.05) is 13.5 Å². The van der Waals surface area contributed by atoms with Crippen molar-refractivity contribution in [1.29, 1.82) is 0 Å². The zero-order chi connectivity index (χ0) is 9.84. The fourth-order valence-electron chi connectivity index (χ4n) is 1.53. The van der Waals surface area contributed by atoms with E-state index >= 15 is 0 Å². The van der Waals surface area contributed by atoms with Crippen LogP contribution in [0.2, 0.25) is 0 Å². The lowest BCUT2D eigenvalue weighted by atomic mass is 10.0. The summed E-state index contributed by atoms with van der Waals surface area (Å²) in [6.45, 7) is 8.53. The van der Waals surface area contributed by atoms with Crippen LogP contribution in [0.1, 0.15) is 13.3 Å². The molecule has 0 aromatic rings. The van der Waals surface area contributed by atoms with E-state index in [0.29, 0.717) is 6.04 Å². The van der Waals surface area contributed by atoms with Crippen LogP contribution < -0.4 is 0 Å². The third-order valence-electron chi connectivity index (χ3n) is 2.66. The van der Waals surface area contributed by atoms with Crippen molar-refractivity contribution < 1.29 is 4.79 Å². The average molecular weight is 182 g/mol. The lowest BCUT2D eigenvalue weighted by molar-refractivity contribution is -0.133. The van der Waals surface area contributed by atoms with Crippen LogP contribution in [0, 0.1) is 0 Å². The molecule has 0 aromatic heterocycles. The summed E-state index contributed by atoms with van der Waals surface area (Å²) >= 11 is 0. The van der Waals surface area contributed by atoms with E-state index in [2.05, 4.69) is 25.5 Å². The number of likely N-dealkylation sites (N-methyl/N-ethyl adjacent to an activating group) is 1. The molecule has 0 bridgehead atoms. The number of carbonyl (C=O) groups is 1. The van der Waals surface area contributed by atoms with Gasteiger partial charge in [0, 0.05) is 19.1 Å². The lowest BCUT2D eigenvalue weighted by Gasteiger charge is -2.42. The van der Waals surface area contributed by atoms with Crippen molar-refractivity contribution in [1.82, 2.24) is 9.80 Å². The van der Waals surface area contributed by atoms with Gasteiger partial charge in [0.2, 0.25) is 5.91 Å². The highest BCUT2D eigenvalue weighted by atomic mass is 16.2. The summed E-state index contributed by atoms with van der Waals surface area (Å²) in [6, 6.07) is 0.412. The first-order chi connectivity index (χ1) is 6.19. The van der Waals surface area contributed by atoms with Crippen molar-refractivity contribution in [3.05, 3.63) is 12.7 Å². The lowest BCUT2D eigenvalue weighted by Crippen LogP contribution is -2.55. The van der Waals surface area contributed by atoms with E-state index in [1.54, 1.807) is 0 Å². The van der Waals surface area contributed by atoms with Crippen LogP contribution in [0.3, 0.4) is 0 Å². The first kappa shape index (κ1) is 10.3. The van der Waals surface area contributed by atoms with Crippen molar-refractivity contribution in [2.24, 2.45) is 0 Å². The molecule has 74 valence electrons. The molecule has 1 saturated heterocycles. The van der Waals surface area contributed by atoms with Gasteiger partial charge in [-0.3, -0.25) is 4.79 Å². The maximum absolute atomic E-state index is 11.3. The third-order valence-corrected chi connectivity index (χ3v) is 2.66. The topological polar surface area (TPSA) is 23.6 Å². The Morgan fingerprint density at radius 2 is 2.46 bits per heavy atom. The second kappa shape index (κ2) is 4.42. The molecule has 0 saturated carbocycles. The van der Waals surface area contributed by atoms with Gasteiger partial charge >= 0.3 is 0 Å². The van der Waals surface area contributed by atoms with Gasteiger partial charge < -0.3 is 9.80 Å². The zero-order valence-electron chi connectivity index (χ0n) is 8.49. The van der Waals surface area contributed by atoms with Crippen molar-refractivity contribution in [2.45, 2.75) is 19.4 Å². The Kier molecular flexibility index (Phi) is 3.48. The van der Waals surface area contributed by atoms with E-state index in [4.69, 9.17) is 0 Å². The average Bonchev–Trinajstić information content (AvgIpc) is 2.11. The summed E-state index contributed by atoms with van der Waals surface area (Å²) < 4.78 is 0. The Morgan fingerprint density at radius 1 is 1.77 bits per heavy atom. The Hall–Kier alpha value is -0.830. The van der Waals surface area contributed by atoms with Crippen LogP contribution in [0.5, 0.6) is 0 Å². The minimum Gasteiger partial charge on any atom is -0.335 e. The smallest absolute Gasteiger partial charge is 0.246 e. The molecule has 1 unspecified atom stereocenters. The number of rotatable bonds is 4. The summed E-state index contributed by atoms with van der Waals surface area (Å²) in [7, 11) is 2.08. The largest absolute Gasteiger partial charge is 0.335 e. The molecular weight excluding hydrogens is 164 g/mol. The van der Waals surface area contributed by atoms with E-state index in [9.17, 15) is 4.79 Å². The van der Waals surface area contributed by atoms with Crippen LogP contribution >= 0.6 is 0 Å². The van der Waals surface area contributed by atoms with Gasteiger partial charge in [0.1, 0.15) is 0 Å². The fraction of sp³-hybridized carbons (Fsp3) is 0.700. The van der Waals surface area contributed by atoms with Gasteiger partial charge in [-0.25, -0.2) is 0 Å². The molecule has 1 heterocycles. The molecule has 0 aliphatic carbocycles. The summed E-state index contributed by atoms with van der Waals surface area (Å²) in [5.41, 5.74) is 0. The molecule has 13 heavy (non-hydrogen) atoms. The molecule has 1 amide bonds. The number of hydrogen-bond acceptors (Lipinski definition) is 2. The highest BCUT2D eigenvalue weighted by Crippen LogP contribution is 2.18. The van der Waals surface area contributed by atoms with Crippen molar-refractivity contribution in [2.75, 3.05) is 26.7 Å². The second-order valence-corrected chi connectivity index (χ2v) is 3.53. The number of amides is 1. The maximum Gasteiger partial charge on any atom is 0.246 e. The Labute approximate surface area is 80.0 Å². The molecule has 1 atom stereocenters. The van der Waals surface area contributed by atoms with Crippen LogP contribution in [-0.2, 0) is 4.79 Å². The quantitative estimate of drug-likeness (QED) is 0.598. The van der Waals surface area contributed by atoms with Gasteiger partial charge in [-0.2, -0.15) is 0 Å². The SMILES string of the molecule is C=CC(=O)N1CCC1CN(C)CC. The standard InChI is InChI=1S/C10H18N2O/c1-4-10(13)12-7-6-9(12)8-11(3)5-2/h4,9H,1,5-8H2,2-3H3. The van der Waals surface area contributed by atoms with Gasteiger partial charge in [-0.05, 0) is 26.1 Å². The van der Waals surface area contributed by atoms with Crippen molar-refractivity contribution >= 4 is 5.91 Å². The van der Waals surface area contributed by atoms with E-state index < -0.39 is 0 Å². The van der Waals surface area contributed by atoms with E-state index in [-0.39, 0.29) is 5.91 Å². The summed E-state index contributed by atoms with van der Waals surface area (Å²) in [6.07, 6.45) is 2.53. The minimum absolute atomic E-state index is 0.0701. The molecule has 0 spiro atoms.